The molecule has 1 rings (SSSR count). The zero-order valence-corrected chi connectivity index (χ0v) is 5.30. The van der Waals surface area contributed by atoms with Crippen molar-refractivity contribution in [3.8, 4) is 0 Å². The number of carbonyl (C=O) groups is 1. The molecule has 2 nitrogen and oxygen atoms in total. The number of carbonyl (C=O) groups excluding carboxylic acids is 1. The van der Waals surface area contributed by atoms with Gasteiger partial charge in [-0.15, -0.1) is 6.58 Å². The Balaban J connectivity index is 2.13. The fourth-order valence-electron chi connectivity index (χ4n) is 0.789. The van der Waals surface area contributed by atoms with Gasteiger partial charge in [0.05, 0.1) is 5.92 Å². The lowest BCUT2D eigenvalue weighted by molar-refractivity contribution is -0.168. The van der Waals surface area contributed by atoms with Crippen molar-refractivity contribution in [1.29, 1.82) is 0 Å². The Morgan fingerprint density at radius 3 is 3.00 bits per heavy atom. The molecule has 0 saturated carbocycles. The second kappa shape index (κ2) is 2.67. The zero-order valence-electron chi connectivity index (χ0n) is 5.30. The van der Waals surface area contributed by atoms with Crippen LogP contribution in [0.3, 0.4) is 0 Å². The Bertz CT molecular complexity index is 129. The second-order valence-corrected chi connectivity index (χ2v) is 2.19. The third-order valence-electron chi connectivity index (χ3n) is 1.48. The van der Waals surface area contributed by atoms with E-state index in [1.807, 2.05) is 6.08 Å². The predicted octanol–water partition coefficient (Wildman–Crippen LogP) is 1.13. The Morgan fingerprint density at radius 2 is 2.67 bits per heavy atom. The van der Waals surface area contributed by atoms with Gasteiger partial charge in [0.15, 0.2) is 0 Å². The molecule has 1 unspecified atom stereocenters. The van der Waals surface area contributed by atoms with E-state index < -0.39 is 0 Å². The van der Waals surface area contributed by atoms with Gasteiger partial charge in [-0.25, -0.2) is 0 Å². The van der Waals surface area contributed by atoms with E-state index in [1.54, 1.807) is 0 Å². The number of esters is 1. The summed E-state index contributed by atoms with van der Waals surface area (Å²) in [5.74, 6) is 0.125. The lowest BCUT2D eigenvalue weighted by atomic mass is 10.0. The molecule has 1 aliphatic rings. The van der Waals surface area contributed by atoms with Gasteiger partial charge in [0.25, 0.3) is 0 Å². The summed E-state index contributed by atoms with van der Waals surface area (Å²) >= 11 is 0. The first-order valence-corrected chi connectivity index (χ1v) is 3.12. The van der Waals surface area contributed by atoms with Gasteiger partial charge in [-0.1, -0.05) is 6.08 Å². The molecule has 0 aromatic carbocycles. The molecular formula is C7H10O2. The van der Waals surface area contributed by atoms with Gasteiger partial charge >= 0.3 is 5.97 Å². The van der Waals surface area contributed by atoms with Crippen molar-refractivity contribution in [3.05, 3.63) is 12.7 Å². The highest BCUT2D eigenvalue weighted by Gasteiger charge is 2.29. The van der Waals surface area contributed by atoms with Crippen LogP contribution in [0.5, 0.6) is 0 Å². The van der Waals surface area contributed by atoms with Crippen molar-refractivity contribution < 1.29 is 9.53 Å². The fourth-order valence-corrected chi connectivity index (χ4v) is 0.789. The zero-order chi connectivity index (χ0) is 6.69. The average molecular weight is 126 g/mol. The van der Waals surface area contributed by atoms with Gasteiger partial charge < -0.3 is 4.74 Å². The normalized spacial score (nSPS) is 24.4. The number of allylic oxidation sites excluding steroid dienone is 1. The molecule has 9 heavy (non-hydrogen) atoms. The van der Waals surface area contributed by atoms with Crippen LogP contribution in [0.25, 0.3) is 0 Å². The molecule has 0 amide bonds. The number of rotatable bonds is 3. The van der Waals surface area contributed by atoms with Crippen LogP contribution in [0.4, 0.5) is 0 Å². The number of hydrogen-bond acceptors (Lipinski definition) is 2. The van der Waals surface area contributed by atoms with Gasteiger partial charge in [0, 0.05) is 0 Å². The lowest BCUT2D eigenvalue weighted by Gasteiger charge is -2.23. The molecule has 50 valence electrons. The SMILES string of the molecule is C=CCCC1COC1=O. The van der Waals surface area contributed by atoms with Crippen molar-refractivity contribution >= 4 is 5.97 Å². The predicted molar refractivity (Wildman–Crippen MR) is 33.9 cm³/mol. The van der Waals surface area contributed by atoms with E-state index >= 15 is 0 Å². The Morgan fingerprint density at radius 1 is 1.89 bits per heavy atom. The van der Waals surface area contributed by atoms with Crippen LogP contribution in [0.2, 0.25) is 0 Å². The first kappa shape index (κ1) is 6.33. The molecule has 1 heterocycles. The van der Waals surface area contributed by atoms with E-state index in [2.05, 4.69) is 11.3 Å². The van der Waals surface area contributed by atoms with Crippen molar-refractivity contribution in [1.82, 2.24) is 0 Å². The highest BCUT2D eigenvalue weighted by atomic mass is 16.6. The van der Waals surface area contributed by atoms with Crippen LogP contribution < -0.4 is 0 Å². The molecule has 0 aliphatic carbocycles. The smallest absolute Gasteiger partial charge is 0.312 e. The minimum atomic E-state index is -0.0446. The standard InChI is InChI=1S/C7H10O2/c1-2-3-4-6-5-9-7(6)8/h2,6H,1,3-5H2. The van der Waals surface area contributed by atoms with Gasteiger partial charge in [0.2, 0.25) is 0 Å². The van der Waals surface area contributed by atoms with Gasteiger partial charge in [-0.3, -0.25) is 4.79 Å². The molecule has 0 N–H and O–H groups in total. The summed E-state index contributed by atoms with van der Waals surface area (Å²) in [6.07, 6.45) is 3.65. The van der Waals surface area contributed by atoms with Crippen LogP contribution in [0.15, 0.2) is 12.7 Å². The van der Waals surface area contributed by atoms with Gasteiger partial charge in [-0.05, 0) is 12.8 Å². The molecule has 2 heteroatoms. The molecule has 0 spiro atoms. The molecule has 0 bridgehead atoms. The summed E-state index contributed by atoms with van der Waals surface area (Å²) in [5, 5.41) is 0. The molecule has 1 saturated heterocycles. The van der Waals surface area contributed by atoms with Crippen LogP contribution in [-0.2, 0) is 9.53 Å². The topological polar surface area (TPSA) is 26.3 Å². The van der Waals surface area contributed by atoms with Gasteiger partial charge in [0.1, 0.15) is 6.61 Å². The third kappa shape index (κ3) is 1.31. The quantitative estimate of drug-likeness (QED) is 0.418. The summed E-state index contributed by atoms with van der Waals surface area (Å²) < 4.78 is 4.57. The molecule has 0 aromatic rings. The molecule has 0 radical (unpaired) electrons. The lowest BCUT2D eigenvalue weighted by Crippen LogP contribution is -2.34. The summed E-state index contributed by atoms with van der Waals surface area (Å²) in [7, 11) is 0. The van der Waals surface area contributed by atoms with E-state index in [9.17, 15) is 4.79 Å². The van der Waals surface area contributed by atoms with E-state index in [-0.39, 0.29) is 11.9 Å². The number of cyclic esters (lactones) is 1. The Labute approximate surface area is 54.5 Å². The van der Waals surface area contributed by atoms with Gasteiger partial charge in [-0.2, -0.15) is 0 Å². The second-order valence-electron chi connectivity index (χ2n) is 2.19. The summed E-state index contributed by atoms with van der Waals surface area (Å²) in [6.45, 7) is 4.18. The van der Waals surface area contributed by atoms with E-state index in [1.165, 1.54) is 0 Å². The number of hydrogen-bond donors (Lipinski definition) is 0. The molecule has 1 aliphatic heterocycles. The summed E-state index contributed by atoms with van der Waals surface area (Å²) in [4.78, 5) is 10.5. The highest BCUT2D eigenvalue weighted by molar-refractivity contribution is 5.77. The minimum Gasteiger partial charge on any atom is -0.464 e. The molecular weight excluding hydrogens is 116 g/mol. The minimum absolute atomic E-state index is 0.0446. The van der Waals surface area contributed by atoms with Crippen molar-refractivity contribution in [3.63, 3.8) is 0 Å². The van der Waals surface area contributed by atoms with Crippen molar-refractivity contribution in [2.24, 2.45) is 5.92 Å². The van der Waals surface area contributed by atoms with E-state index in [4.69, 9.17) is 0 Å². The third-order valence-corrected chi connectivity index (χ3v) is 1.48. The fraction of sp³-hybridized carbons (Fsp3) is 0.571. The van der Waals surface area contributed by atoms with Crippen molar-refractivity contribution in [2.75, 3.05) is 6.61 Å². The van der Waals surface area contributed by atoms with Crippen LogP contribution in [0.1, 0.15) is 12.8 Å². The maximum Gasteiger partial charge on any atom is 0.312 e. The molecule has 1 fully saturated rings. The molecule has 1 atom stereocenters. The van der Waals surface area contributed by atoms with E-state index in [0.29, 0.717) is 6.61 Å². The monoisotopic (exact) mass is 126 g/mol. The maximum absolute atomic E-state index is 10.5. The Kier molecular flexibility index (Phi) is 1.88. The maximum atomic E-state index is 10.5. The van der Waals surface area contributed by atoms with Crippen molar-refractivity contribution in [2.45, 2.75) is 12.8 Å². The Hall–Kier alpha value is -0.790. The van der Waals surface area contributed by atoms with Crippen LogP contribution >= 0.6 is 0 Å². The van der Waals surface area contributed by atoms with Crippen LogP contribution in [0, 0.1) is 5.92 Å². The van der Waals surface area contributed by atoms with E-state index in [0.717, 1.165) is 12.8 Å². The first-order valence-electron chi connectivity index (χ1n) is 3.12. The average Bonchev–Trinajstić information content (AvgIpc) is 1.86. The number of ether oxygens (including phenoxy) is 1. The summed E-state index contributed by atoms with van der Waals surface area (Å²) in [5.41, 5.74) is 0. The summed E-state index contributed by atoms with van der Waals surface area (Å²) in [6, 6.07) is 0. The van der Waals surface area contributed by atoms with Crippen LogP contribution in [-0.4, -0.2) is 12.6 Å². The highest BCUT2D eigenvalue weighted by Crippen LogP contribution is 2.17. The molecule has 0 aromatic heterocycles. The first-order chi connectivity index (χ1) is 4.34. The largest absolute Gasteiger partial charge is 0.464 e.